The van der Waals surface area contributed by atoms with E-state index in [0.29, 0.717) is 22.6 Å². The van der Waals surface area contributed by atoms with Gasteiger partial charge in [0.05, 0.1) is 19.3 Å². The van der Waals surface area contributed by atoms with E-state index in [4.69, 9.17) is 14.2 Å². The Morgan fingerprint density at radius 3 is 2.30 bits per heavy atom. The number of para-hydroxylation sites is 2. The Labute approximate surface area is 193 Å². The third kappa shape index (κ3) is 4.87. The number of methoxy groups -OCH3 is 1. The first-order chi connectivity index (χ1) is 15.7. The van der Waals surface area contributed by atoms with Crippen LogP contribution in [0.15, 0.2) is 48.5 Å². The predicted octanol–water partition coefficient (Wildman–Crippen LogP) is 3.98. The Bertz CT molecular complexity index is 1040. The van der Waals surface area contributed by atoms with Crippen LogP contribution in [0, 0.1) is 0 Å². The van der Waals surface area contributed by atoms with Gasteiger partial charge < -0.3 is 19.5 Å². The van der Waals surface area contributed by atoms with Crippen molar-refractivity contribution >= 4 is 23.8 Å². The lowest BCUT2D eigenvalue weighted by Crippen LogP contribution is -2.62. The van der Waals surface area contributed by atoms with Crippen LogP contribution < -0.4 is 15.5 Å². The van der Waals surface area contributed by atoms with Gasteiger partial charge in [-0.05, 0) is 45.4 Å². The number of hydrogen-bond acceptors (Lipinski definition) is 6. The molecule has 9 nitrogen and oxygen atoms in total. The lowest BCUT2D eigenvalue weighted by Gasteiger charge is -2.38. The van der Waals surface area contributed by atoms with Crippen molar-refractivity contribution in [3.8, 4) is 5.75 Å². The second-order valence-corrected chi connectivity index (χ2v) is 8.18. The summed E-state index contributed by atoms with van der Waals surface area (Å²) in [6, 6.07) is 14.2. The monoisotopic (exact) mass is 455 g/mol. The second kappa shape index (κ2) is 9.81. The number of rotatable bonds is 6. The highest BCUT2D eigenvalue weighted by atomic mass is 16.6. The van der Waals surface area contributed by atoms with Gasteiger partial charge in [0.1, 0.15) is 5.75 Å². The molecule has 0 unspecified atom stereocenters. The molecule has 0 aliphatic carbocycles. The van der Waals surface area contributed by atoms with Crippen LogP contribution in [-0.4, -0.2) is 42.4 Å². The molecular weight excluding hydrogens is 426 g/mol. The minimum atomic E-state index is -1.66. The molecule has 3 rings (SSSR count). The van der Waals surface area contributed by atoms with Crippen LogP contribution in [-0.2, 0) is 26.2 Å². The number of hydrazine groups is 1. The first kappa shape index (κ1) is 23.9. The molecule has 0 spiro atoms. The third-order valence-corrected chi connectivity index (χ3v) is 5.08. The van der Waals surface area contributed by atoms with E-state index >= 15 is 0 Å². The van der Waals surface area contributed by atoms with Crippen LogP contribution in [0.2, 0.25) is 0 Å². The molecule has 1 heterocycles. The summed E-state index contributed by atoms with van der Waals surface area (Å²) in [4.78, 5) is 39.5. The van der Waals surface area contributed by atoms with Crippen molar-refractivity contribution in [3.05, 3.63) is 59.7 Å². The molecule has 0 radical (unpaired) electrons. The van der Waals surface area contributed by atoms with Crippen LogP contribution >= 0.6 is 0 Å². The Morgan fingerprint density at radius 1 is 1.00 bits per heavy atom. The Hall–Kier alpha value is -3.75. The summed E-state index contributed by atoms with van der Waals surface area (Å²) in [5.41, 5.74) is 2.49. The zero-order chi connectivity index (χ0) is 24.2. The van der Waals surface area contributed by atoms with Gasteiger partial charge in [0.15, 0.2) is 5.54 Å². The van der Waals surface area contributed by atoms with Gasteiger partial charge in [0.25, 0.3) is 5.91 Å². The van der Waals surface area contributed by atoms with Gasteiger partial charge in [0, 0.05) is 17.7 Å². The minimum absolute atomic E-state index is 0.00894. The van der Waals surface area contributed by atoms with E-state index in [1.807, 2.05) is 6.07 Å². The summed E-state index contributed by atoms with van der Waals surface area (Å²) in [6.07, 6.45) is -2.71. The van der Waals surface area contributed by atoms with E-state index in [1.165, 1.54) is 7.11 Å². The van der Waals surface area contributed by atoms with Crippen LogP contribution in [0.5, 0.6) is 5.75 Å². The van der Waals surface area contributed by atoms with Gasteiger partial charge in [-0.15, -0.1) is 0 Å². The van der Waals surface area contributed by atoms with Gasteiger partial charge in [-0.25, -0.2) is 15.0 Å². The molecule has 0 saturated heterocycles. The molecule has 33 heavy (non-hydrogen) atoms. The number of nitrogens with one attached hydrogen (secondary N) is 2. The van der Waals surface area contributed by atoms with Crippen LogP contribution in [0.3, 0.4) is 0 Å². The lowest BCUT2D eigenvalue weighted by molar-refractivity contribution is -0.129. The third-order valence-electron chi connectivity index (χ3n) is 5.08. The fourth-order valence-corrected chi connectivity index (χ4v) is 3.78. The molecule has 176 valence electrons. The van der Waals surface area contributed by atoms with Crippen molar-refractivity contribution in [1.29, 1.82) is 0 Å². The number of carbonyl (C=O) groups is 3. The molecule has 2 aromatic carbocycles. The first-order valence-electron chi connectivity index (χ1n) is 10.7. The number of ether oxygens (including phenoxy) is 3. The van der Waals surface area contributed by atoms with Crippen molar-refractivity contribution in [1.82, 2.24) is 10.4 Å². The van der Waals surface area contributed by atoms with E-state index in [9.17, 15) is 14.4 Å². The highest BCUT2D eigenvalue weighted by molar-refractivity contribution is 6.07. The molecule has 1 atom stereocenters. The van der Waals surface area contributed by atoms with Crippen molar-refractivity contribution in [3.63, 3.8) is 0 Å². The SMILES string of the molecule is COc1ccccc1C[C@@]1(N(NC(=O)OC(C)C)C(=O)OC(C)C)C(=O)Nc2ccccc21. The average molecular weight is 456 g/mol. The molecule has 3 amide bonds. The Kier molecular flexibility index (Phi) is 7.10. The van der Waals surface area contributed by atoms with Gasteiger partial charge in [-0.3, -0.25) is 4.79 Å². The van der Waals surface area contributed by atoms with Gasteiger partial charge in [-0.1, -0.05) is 36.4 Å². The Balaban J connectivity index is 2.19. The van der Waals surface area contributed by atoms with E-state index in [2.05, 4.69) is 10.7 Å². The van der Waals surface area contributed by atoms with Gasteiger partial charge in [0.2, 0.25) is 0 Å². The van der Waals surface area contributed by atoms with Crippen LogP contribution in [0.1, 0.15) is 38.8 Å². The Morgan fingerprint density at radius 2 is 1.64 bits per heavy atom. The largest absolute Gasteiger partial charge is 0.496 e. The lowest BCUT2D eigenvalue weighted by atomic mass is 9.84. The number of amides is 3. The van der Waals surface area contributed by atoms with Gasteiger partial charge in [-0.2, -0.15) is 5.01 Å². The van der Waals surface area contributed by atoms with Crippen molar-refractivity contribution in [2.24, 2.45) is 0 Å². The van der Waals surface area contributed by atoms with Crippen molar-refractivity contribution in [2.75, 3.05) is 12.4 Å². The summed E-state index contributed by atoms with van der Waals surface area (Å²) >= 11 is 0. The summed E-state index contributed by atoms with van der Waals surface area (Å²) in [5.74, 6) is 0.0381. The molecule has 9 heteroatoms. The van der Waals surface area contributed by atoms with Crippen LogP contribution in [0.25, 0.3) is 0 Å². The maximum Gasteiger partial charge on any atom is 0.430 e. The van der Waals surface area contributed by atoms with E-state index < -0.39 is 35.8 Å². The number of nitrogens with zero attached hydrogens (tertiary/aromatic N) is 1. The standard InChI is InChI=1S/C24H29N3O6/c1-15(2)32-22(29)26-27(23(30)33-16(3)4)24(14-17-10-6-9-13-20(17)31-5)18-11-7-8-12-19(18)25-21(24)28/h6-13,15-16H,14H2,1-5H3,(H,25,28)(H,26,29)/t24-/m0/s1. The molecule has 1 aliphatic heterocycles. The van der Waals surface area contributed by atoms with Crippen molar-refractivity contribution in [2.45, 2.75) is 51.9 Å². The molecular formula is C24H29N3O6. The quantitative estimate of drug-likeness (QED) is 0.638. The molecule has 0 fully saturated rings. The summed E-state index contributed by atoms with van der Waals surface area (Å²) in [6.45, 7) is 6.72. The zero-order valence-corrected chi connectivity index (χ0v) is 19.4. The molecule has 0 bridgehead atoms. The number of benzene rings is 2. The topological polar surface area (TPSA) is 106 Å². The molecule has 0 saturated carbocycles. The number of carbonyl (C=O) groups excluding carboxylic acids is 3. The van der Waals surface area contributed by atoms with E-state index in [0.717, 1.165) is 5.01 Å². The van der Waals surface area contributed by atoms with Crippen molar-refractivity contribution < 1.29 is 28.6 Å². The molecule has 2 aromatic rings. The first-order valence-corrected chi connectivity index (χ1v) is 10.7. The summed E-state index contributed by atoms with van der Waals surface area (Å²) in [5, 5.41) is 3.75. The predicted molar refractivity (Wildman–Crippen MR) is 122 cm³/mol. The number of anilines is 1. The molecule has 2 N–H and O–H groups in total. The smallest absolute Gasteiger partial charge is 0.430 e. The molecule has 1 aliphatic rings. The fraction of sp³-hybridized carbons (Fsp3) is 0.375. The zero-order valence-electron chi connectivity index (χ0n) is 19.4. The number of hydrogen-bond donors (Lipinski definition) is 2. The minimum Gasteiger partial charge on any atom is -0.496 e. The maximum absolute atomic E-state index is 13.6. The second-order valence-electron chi connectivity index (χ2n) is 8.18. The normalized spacial score (nSPS) is 16.8. The average Bonchev–Trinajstić information content (AvgIpc) is 3.03. The van der Waals surface area contributed by atoms with Gasteiger partial charge >= 0.3 is 12.2 Å². The highest BCUT2D eigenvalue weighted by Crippen LogP contribution is 2.43. The fourth-order valence-electron chi connectivity index (χ4n) is 3.78. The molecule has 0 aromatic heterocycles. The highest BCUT2D eigenvalue weighted by Gasteiger charge is 2.55. The van der Waals surface area contributed by atoms with E-state index in [-0.39, 0.29) is 6.42 Å². The summed E-state index contributed by atoms with van der Waals surface area (Å²) in [7, 11) is 1.53. The van der Waals surface area contributed by atoms with E-state index in [1.54, 1.807) is 70.2 Å². The van der Waals surface area contributed by atoms with Crippen LogP contribution in [0.4, 0.5) is 15.3 Å². The summed E-state index contributed by atoms with van der Waals surface area (Å²) < 4.78 is 16.1. The maximum atomic E-state index is 13.6. The number of fused-ring (bicyclic) bond motifs is 1.